The van der Waals surface area contributed by atoms with E-state index >= 15 is 0 Å². The number of carbonyl (C=O) groups is 1. The van der Waals surface area contributed by atoms with Gasteiger partial charge in [0.15, 0.2) is 0 Å². The van der Waals surface area contributed by atoms with Gasteiger partial charge < -0.3 is 14.8 Å². The van der Waals surface area contributed by atoms with Gasteiger partial charge in [-0.15, -0.1) is 0 Å². The van der Waals surface area contributed by atoms with E-state index in [4.69, 9.17) is 9.47 Å². The van der Waals surface area contributed by atoms with Crippen molar-refractivity contribution in [2.24, 2.45) is 5.92 Å². The molecule has 0 spiro atoms. The Balaban J connectivity index is 4.04. The average Bonchev–Trinajstić information content (AvgIpc) is 2.22. The van der Waals surface area contributed by atoms with Crippen LogP contribution in [0.4, 0.5) is 0 Å². The predicted molar refractivity (Wildman–Crippen MR) is 55.1 cm³/mol. The van der Waals surface area contributed by atoms with Crippen molar-refractivity contribution in [3.8, 4) is 0 Å². The summed E-state index contributed by atoms with van der Waals surface area (Å²) >= 11 is 0. The highest BCUT2D eigenvalue weighted by atomic mass is 16.5. The summed E-state index contributed by atoms with van der Waals surface area (Å²) in [6, 6.07) is -0.222. The van der Waals surface area contributed by atoms with E-state index in [0.29, 0.717) is 13.2 Å². The molecule has 0 aliphatic rings. The van der Waals surface area contributed by atoms with E-state index in [9.17, 15) is 4.79 Å². The molecule has 0 bridgehead atoms. The molecule has 0 saturated carbocycles. The predicted octanol–water partition coefficient (Wildman–Crippen LogP) is 0.810. The first-order chi connectivity index (χ1) is 6.67. The number of nitrogens with one attached hydrogen (secondary N) is 1. The summed E-state index contributed by atoms with van der Waals surface area (Å²) in [4.78, 5) is 11.4. The molecular weight excluding hydrogens is 182 g/mol. The largest absolute Gasteiger partial charge is 0.468 e. The van der Waals surface area contributed by atoms with E-state index in [1.54, 1.807) is 7.11 Å². The number of esters is 1. The summed E-state index contributed by atoms with van der Waals surface area (Å²) in [7, 11) is 3.05. The minimum absolute atomic E-state index is 0.199. The van der Waals surface area contributed by atoms with Crippen molar-refractivity contribution < 1.29 is 14.3 Å². The third kappa shape index (κ3) is 4.58. The summed E-state index contributed by atoms with van der Waals surface area (Å²) in [5.74, 6) is 0.0785. The summed E-state index contributed by atoms with van der Waals surface area (Å²) < 4.78 is 9.63. The second-order valence-electron chi connectivity index (χ2n) is 3.33. The molecule has 2 unspecified atom stereocenters. The monoisotopic (exact) mass is 203 g/mol. The third-order valence-electron chi connectivity index (χ3n) is 2.34. The van der Waals surface area contributed by atoms with Gasteiger partial charge in [0.25, 0.3) is 0 Å². The van der Waals surface area contributed by atoms with Gasteiger partial charge >= 0.3 is 5.97 Å². The zero-order chi connectivity index (χ0) is 11.0. The van der Waals surface area contributed by atoms with E-state index in [1.165, 1.54) is 7.11 Å². The Morgan fingerprint density at radius 1 is 1.43 bits per heavy atom. The Morgan fingerprint density at radius 2 is 2.07 bits per heavy atom. The smallest absolute Gasteiger partial charge is 0.323 e. The van der Waals surface area contributed by atoms with Crippen LogP contribution in [0.2, 0.25) is 0 Å². The SMILES string of the molecule is CCC(C)C(NCCOC)C(=O)OC. The van der Waals surface area contributed by atoms with Gasteiger partial charge in [-0.3, -0.25) is 4.79 Å². The average molecular weight is 203 g/mol. The van der Waals surface area contributed by atoms with Crippen LogP contribution in [0.25, 0.3) is 0 Å². The van der Waals surface area contributed by atoms with Crippen molar-refractivity contribution in [3.05, 3.63) is 0 Å². The number of rotatable bonds is 7. The second-order valence-corrected chi connectivity index (χ2v) is 3.33. The zero-order valence-corrected chi connectivity index (χ0v) is 9.50. The van der Waals surface area contributed by atoms with Crippen molar-refractivity contribution in [3.63, 3.8) is 0 Å². The van der Waals surface area contributed by atoms with E-state index in [-0.39, 0.29) is 17.9 Å². The molecule has 0 aromatic heterocycles. The number of hydrogen-bond donors (Lipinski definition) is 1. The lowest BCUT2D eigenvalue weighted by Crippen LogP contribution is -2.43. The van der Waals surface area contributed by atoms with Crippen LogP contribution < -0.4 is 5.32 Å². The van der Waals surface area contributed by atoms with Gasteiger partial charge in [0, 0.05) is 13.7 Å². The van der Waals surface area contributed by atoms with Gasteiger partial charge in [0.2, 0.25) is 0 Å². The van der Waals surface area contributed by atoms with Gasteiger partial charge in [-0.25, -0.2) is 0 Å². The highest BCUT2D eigenvalue weighted by Gasteiger charge is 2.23. The van der Waals surface area contributed by atoms with Crippen molar-refractivity contribution in [1.82, 2.24) is 5.32 Å². The highest BCUT2D eigenvalue weighted by Crippen LogP contribution is 2.08. The molecule has 0 aromatic rings. The minimum Gasteiger partial charge on any atom is -0.468 e. The molecule has 0 rings (SSSR count). The topological polar surface area (TPSA) is 47.6 Å². The van der Waals surface area contributed by atoms with E-state index in [0.717, 1.165) is 6.42 Å². The fraction of sp³-hybridized carbons (Fsp3) is 0.900. The van der Waals surface area contributed by atoms with Gasteiger partial charge in [-0.2, -0.15) is 0 Å². The molecular formula is C10H21NO3. The van der Waals surface area contributed by atoms with Crippen molar-refractivity contribution in [2.75, 3.05) is 27.4 Å². The van der Waals surface area contributed by atoms with Crippen LogP contribution in [0.15, 0.2) is 0 Å². The Morgan fingerprint density at radius 3 is 2.50 bits per heavy atom. The fourth-order valence-corrected chi connectivity index (χ4v) is 1.20. The van der Waals surface area contributed by atoms with Crippen LogP contribution >= 0.6 is 0 Å². The zero-order valence-electron chi connectivity index (χ0n) is 9.50. The lowest BCUT2D eigenvalue weighted by atomic mass is 9.99. The van der Waals surface area contributed by atoms with Crippen molar-refractivity contribution in [1.29, 1.82) is 0 Å². The fourth-order valence-electron chi connectivity index (χ4n) is 1.20. The quantitative estimate of drug-likeness (QED) is 0.491. The second kappa shape index (κ2) is 7.76. The molecule has 84 valence electrons. The van der Waals surface area contributed by atoms with Crippen LogP contribution in [0.5, 0.6) is 0 Å². The van der Waals surface area contributed by atoms with Gasteiger partial charge in [0.1, 0.15) is 6.04 Å². The summed E-state index contributed by atoms with van der Waals surface area (Å²) in [6.07, 6.45) is 0.944. The van der Waals surface area contributed by atoms with Crippen LogP contribution in [-0.4, -0.2) is 39.4 Å². The molecule has 0 heterocycles. The molecule has 14 heavy (non-hydrogen) atoms. The first-order valence-corrected chi connectivity index (χ1v) is 4.97. The maximum atomic E-state index is 11.4. The molecule has 0 amide bonds. The maximum Gasteiger partial charge on any atom is 0.323 e. The Labute approximate surface area is 86.0 Å². The Bertz CT molecular complexity index is 161. The van der Waals surface area contributed by atoms with Crippen LogP contribution in [0, 0.1) is 5.92 Å². The Hall–Kier alpha value is -0.610. The molecule has 4 nitrogen and oxygen atoms in total. The van der Waals surface area contributed by atoms with Gasteiger partial charge in [-0.05, 0) is 5.92 Å². The highest BCUT2D eigenvalue weighted by molar-refractivity contribution is 5.75. The van der Waals surface area contributed by atoms with Crippen LogP contribution in [-0.2, 0) is 14.3 Å². The molecule has 0 aliphatic carbocycles. The standard InChI is InChI=1S/C10H21NO3/c1-5-8(2)9(10(12)14-4)11-6-7-13-3/h8-9,11H,5-7H2,1-4H3. The molecule has 0 saturated heterocycles. The van der Waals surface area contributed by atoms with E-state index in [1.807, 2.05) is 6.92 Å². The molecule has 0 fully saturated rings. The number of ether oxygens (including phenoxy) is 2. The number of hydrogen-bond acceptors (Lipinski definition) is 4. The summed E-state index contributed by atoms with van der Waals surface area (Å²) in [5, 5.41) is 3.12. The summed E-state index contributed by atoms with van der Waals surface area (Å²) in [5.41, 5.74) is 0. The Kier molecular flexibility index (Phi) is 7.42. The molecule has 0 aromatic carbocycles. The van der Waals surface area contributed by atoms with E-state index < -0.39 is 0 Å². The van der Waals surface area contributed by atoms with Crippen molar-refractivity contribution in [2.45, 2.75) is 26.3 Å². The number of methoxy groups -OCH3 is 2. The molecule has 4 heteroatoms. The van der Waals surface area contributed by atoms with Crippen molar-refractivity contribution >= 4 is 5.97 Å². The lowest BCUT2D eigenvalue weighted by molar-refractivity contribution is -0.144. The van der Waals surface area contributed by atoms with Crippen LogP contribution in [0.1, 0.15) is 20.3 Å². The van der Waals surface area contributed by atoms with Gasteiger partial charge in [0.05, 0.1) is 13.7 Å². The van der Waals surface area contributed by atoms with Crippen LogP contribution in [0.3, 0.4) is 0 Å². The minimum atomic E-state index is -0.222. The maximum absolute atomic E-state index is 11.4. The molecule has 1 N–H and O–H groups in total. The van der Waals surface area contributed by atoms with E-state index in [2.05, 4.69) is 12.2 Å². The molecule has 0 radical (unpaired) electrons. The first-order valence-electron chi connectivity index (χ1n) is 4.97. The summed E-state index contributed by atoms with van der Waals surface area (Å²) in [6.45, 7) is 5.35. The number of carbonyl (C=O) groups excluding carboxylic acids is 1. The van der Waals surface area contributed by atoms with Gasteiger partial charge in [-0.1, -0.05) is 20.3 Å². The molecule has 2 atom stereocenters. The third-order valence-corrected chi connectivity index (χ3v) is 2.34. The first kappa shape index (κ1) is 13.4. The normalized spacial score (nSPS) is 14.9. The molecule has 0 aliphatic heterocycles. The lowest BCUT2D eigenvalue weighted by Gasteiger charge is -2.21.